The number of halogens is 1. The first-order valence-electron chi connectivity index (χ1n) is 9.75. The highest BCUT2D eigenvalue weighted by Crippen LogP contribution is 2.33. The van der Waals surface area contributed by atoms with Crippen molar-refractivity contribution in [1.82, 2.24) is 14.6 Å². The lowest BCUT2D eigenvalue weighted by molar-refractivity contribution is 0.628. The molecule has 6 aromatic rings. The Morgan fingerprint density at radius 2 is 1.52 bits per heavy atom. The number of nitrogens with zero attached hydrogens (tertiary/aromatic N) is 3. The molecule has 0 atom stereocenters. The Balaban J connectivity index is 1.75. The molecular formula is C25H14FN3OS. The van der Waals surface area contributed by atoms with Crippen LogP contribution in [0.15, 0.2) is 89.0 Å². The summed E-state index contributed by atoms with van der Waals surface area (Å²) in [4.78, 5) is 19.1. The molecule has 6 rings (SSSR count). The van der Waals surface area contributed by atoms with Crippen molar-refractivity contribution in [1.29, 1.82) is 0 Å². The molecule has 3 aromatic heterocycles. The predicted octanol–water partition coefficient (Wildman–Crippen LogP) is 5.93. The fourth-order valence-electron chi connectivity index (χ4n) is 3.94. The van der Waals surface area contributed by atoms with Gasteiger partial charge in [0.1, 0.15) is 10.6 Å². The van der Waals surface area contributed by atoms with Gasteiger partial charge in [-0.3, -0.25) is 4.79 Å². The number of rotatable bonds is 2. The van der Waals surface area contributed by atoms with Crippen molar-refractivity contribution in [3.63, 3.8) is 0 Å². The zero-order chi connectivity index (χ0) is 20.9. The van der Waals surface area contributed by atoms with E-state index in [9.17, 15) is 9.18 Å². The largest absolute Gasteiger partial charge is 0.283 e. The molecule has 0 aliphatic rings. The van der Waals surface area contributed by atoms with Gasteiger partial charge in [0.05, 0.1) is 11.1 Å². The van der Waals surface area contributed by atoms with E-state index in [1.165, 1.54) is 28.0 Å². The van der Waals surface area contributed by atoms with Crippen molar-refractivity contribution in [2.24, 2.45) is 0 Å². The maximum Gasteiger partial charge on any atom is 0.283 e. The quantitative estimate of drug-likeness (QED) is 0.324. The van der Waals surface area contributed by atoms with Crippen LogP contribution in [0.4, 0.5) is 4.39 Å². The number of thiophene rings is 1. The van der Waals surface area contributed by atoms with E-state index in [0.717, 1.165) is 27.5 Å². The highest BCUT2D eigenvalue weighted by Gasteiger charge is 2.18. The molecule has 3 heterocycles. The Bertz CT molecular complexity index is 1650. The third kappa shape index (κ3) is 2.76. The van der Waals surface area contributed by atoms with E-state index < -0.39 is 0 Å². The summed E-state index contributed by atoms with van der Waals surface area (Å²) in [5.74, 6) is -0.319. The highest BCUT2D eigenvalue weighted by atomic mass is 32.1. The molecule has 148 valence electrons. The second-order valence-electron chi connectivity index (χ2n) is 7.25. The summed E-state index contributed by atoms with van der Waals surface area (Å²) < 4.78 is 14.9. The molecule has 0 unspecified atom stereocenters. The molecule has 3 aromatic carbocycles. The molecular weight excluding hydrogens is 409 g/mol. The van der Waals surface area contributed by atoms with Gasteiger partial charge < -0.3 is 0 Å². The summed E-state index contributed by atoms with van der Waals surface area (Å²) in [6.45, 7) is 0. The van der Waals surface area contributed by atoms with Crippen molar-refractivity contribution < 1.29 is 4.39 Å². The maximum atomic E-state index is 13.6. The van der Waals surface area contributed by atoms with Crippen LogP contribution in [0.2, 0.25) is 0 Å². The molecule has 0 bridgehead atoms. The molecule has 0 fully saturated rings. The Hall–Kier alpha value is -3.90. The van der Waals surface area contributed by atoms with Crippen LogP contribution in [-0.2, 0) is 0 Å². The normalized spacial score (nSPS) is 11.5. The van der Waals surface area contributed by atoms with Gasteiger partial charge in [0, 0.05) is 27.3 Å². The molecule has 0 radical (unpaired) electrons. The zero-order valence-electron chi connectivity index (χ0n) is 16.1. The lowest BCUT2D eigenvalue weighted by Gasteiger charge is -2.10. The first-order chi connectivity index (χ1) is 15.2. The van der Waals surface area contributed by atoms with Gasteiger partial charge in [-0.1, -0.05) is 54.6 Å². The van der Waals surface area contributed by atoms with E-state index in [1.54, 1.807) is 12.1 Å². The van der Waals surface area contributed by atoms with Crippen LogP contribution in [-0.4, -0.2) is 14.6 Å². The van der Waals surface area contributed by atoms with E-state index in [0.29, 0.717) is 21.6 Å². The molecule has 0 aliphatic carbocycles. The van der Waals surface area contributed by atoms with Crippen LogP contribution < -0.4 is 5.56 Å². The third-order valence-electron chi connectivity index (χ3n) is 5.41. The van der Waals surface area contributed by atoms with Crippen LogP contribution >= 0.6 is 11.3 Å². The Morgan fingerprint density at radius 1 is 0.806 bits per heavy atom. The third-order valence-corrected chi connectivity index (χ3v) is 6.28. The van der Waals surface area contributed by atoms with Crippen molar-refractivity contribution in [3.05, 3.63) is 100 Å². The first kappa shape index (κ1) is 17.9. The van der Waals surface area contributed by atoms with Crippen LogP contribution in [0.5, 0.6) is 0 Å². The summed E-state index contributed by atoms with van der Waals surface area (Å²) in [5.41, 5.74) is 3.47. The van der Waals surface area contributed by atoms with E-state index in [2.05, 4.69) is 0 Å². The van der Waals surface area contributed by atoms with Crippen molar-refractivity contribution in [2.45, 2.75) is 0 Å². The lowest BCUT2D eigenvalue weighted by atomic mass is 10.0. The maximum absolute atomic E-state index is 13.6. The highest BCUT2D eigenvalue weighted by molar-refractivity contribution is 7.17. The van der Waals surface area contributed by atoms with E-state index in [-0.39, 0.29) is 11.4 Å². The van der Waals surface area contributed by atoms with Gasteiger partial charge in [0.25, 0.3) is 5.56 Å². The first-order valence-corrected chi connectivity index (χ1v) is 10.6. The van der Waals surface area contributed by atoms with Crippen LogP contribution in [0.25, 0.3) is 49.0 Å². The molecule has 0 amide bonds. The van der Waals surface area contributed by atoms with E-state index >= 15 is 0 Å². The minimum Gasteiger partial charge on any atom is -0.267 e. The predicted molar refractivity (Wildman–Crippen MR) is 123 cm³/mol. The summed E-state index contributed by atoms with van der Waals surface area (Å²) >= 11 is 1.45. The molecule has 4 nitrogen and oxygen atoms in total. The topological polar surface area (TPSA) is 47.3 Å². The molecule has 0 N–H and O–H groups in total. The fraction of sp³-hybridized carbons (Fsp3) is 0. The number of fused-ring (bicyclic) bond motifs is 4. The molecule has 6 heteroatoms. The van der Waals surface area contributed by atoms with Gasteiger partial charge in [-0.05, 0) is 29.8 Å². The van der Waals surface area contributed by atoms with Crippen molar-refractivity contribution >= 4 is 38.0 Å². The molecule has 0 spiro atoms. The average molecular weight is 423 g/mol. The Kier molecular flexibility index (Phi) is 3.94. The van der Waals surface area contributed by atoms with Gasteiger partial charge in [-0.15, -0.1) is 11.3 Å². The summed E-state index contributed by atoms with van der Waals surface area (Å²) in [6, 6.07) is 23.7. The van der Waals surface area contributed by atoms with Gasteiger partial charge >= 0.3 is 0 Å². The average Bonchev–Trinajstić information content (AvgIpc) is 3.25. The smallest absolute Gasteiger partial charge is 0.267 e. The van der Waals surface area contributed by atoms with Gasteiger partial charge in [0.15, 0.2) is 5.65 Å². The van der Waals surface area contributed by atoms with Crippen LogP contribution in [0, 0.1) is 5.82 Å². The Morgan fingerprint density at radius 3 is 2.29 bits per heavy atom. The van der Waals surface area contributed by atoms with E-state index in [4.69, 9.17) is 10.1 Å². The zero-order valence-corrected chi connectivity index (χ0v) is 16.9. The number of hydrogen-bond donors (Lipinski definition) is 0. The SMILES string of the molecule is O=c1c2c(-c3ccccc3)csc2nc2c3ccccc3c(-c3ccc(F)cc3)nn12. The second kappa shape index (κ2) is 6.82. The molecule has 31 heavy (non-hydrogen) atoms. The molecule has 0 aliphatic heterocycles. The minimum atomic E-state index is -0.319. The van der Waals surface area contributed by atoms with Gasteiger partial charge in [-0.25, -0.2) is 9.37 Å². The summed E-state index contributed by atoms with van der Waals surface area (Å²) in [5, 5.41) is 8.90. The van der Waals surface area contributed by atoms with Gasteiger partial charge in [-0.2, -0.15) is 9.61 Å². The monoisotopic (exact) mass is 423 g/mol. The summed E-state index contributed by atoms with van der Waals surface area (Å²) in [7, 11) is 0. The fourth-order valence-corrected chi connectivity index (χ4v) is 4.88. The van der Waals surface area contributed by atoms with Crippen molar-refractivity contribution in [2.75, 3.05) is 0 Å². The number of hydrogen-bond acceptors (Lipinski definition) is 4. The van der Waals surface area contributed by atoms with Gasteiger partial charge in [0.2, 0.25) is 0 Å². The molecule has 0 saturated carbocycles. The van der Waals surface area contributed by atoms with Crippen LogP contribution in [0.3, 0.4) is 0 Å². The lowest BCUT2D eigenvalue weighted by Crippen LogP contribution is -2.18. The minimum absolute atomic E-state index is 0.214. The molecule has 0 saturated heterocycles. The second-order valence-corrected chi connectivity index (χ2v) is 8.11. The number of benzene rings is 3. The standard InChI is InChI=1S/C25H14FN3OS/c26-17-12-10-16(11-13-17)22-18-8-4-5-9-19(18)23-27-24-21(25(30)29(23)28-22)20(14-31-24)15-6-2-1-3-7-15/h1-14H. The van der Waals surface area contributed by atoms with E-state index in [1.807, 2.05) is 60.0 Å². The van der Waals surface area contributed by atoms with Crippen LogP contribution in [0.1, 0.15) is 0 Å². The summed E-state index contributed by atoms with van der Waals surface area (Å²) in [6.07, 6.45) is 0. The van der Waals surface area contributed by atoms with Crippen molar-refractivity contribution in [3.8, 4) is 22.4 Å². The number of aromatic nitrogens is 3. The Labute approximate surface area is 179 Å².